The Bertz CT molecular complexity index is 647. The van der Waals surface area contributed by atoms with Gasteiger partial charge >= 0.3 is 0 Å². The Morgan fingerprint density at radius 1 is 1.42 bits per heavy atom. The van der Waals surface area contributed by atoms with Crippen molar-refractivity contribution in [3.05, 3.63) is 33.9 Å². The number of hydrogen-bond acceptors (Lipinski definition) is 5. The van der Waals surface area contributed by atoms with Crippen LogP contribution in [-0.2, 0) is 9.59 Å². The molecule has 2 amide bonds. The number of carbonyl (C=O) groups excluding carboxylic acids is 2. The van der Waals surface area contributed by atoms with Gasteiger partial charge in [-0.25, -0.2) is 0 Å². The summed E-state index contributed by atoms with van der Waals surface area (Å²) in [6.07, 6.45) is 1.96. The Balaban J connectivity index is 1.93. The molecule has 1 aliphatic rings. The fourth-order valence-corrected chi connectivity index (χ4v) is 2.87. The fraction of sp³-hybridized carbons (Fsp3) is 0.500. The van der Waals surface area contributed by atoms with Crippen LogP contribution in [0.25, 0.3) is 0 Å². The van der Waals surface area contributed by atoms with Gasteiger partial charge in [0.15, 0.2) is 0 Å². The van der Waals surface area contributed by atoms with Gasteiger partial charge in [-0.1, -0.05) is 6.07 Å². The summed E-state index contributed by atoms with van der Waals surface area (Å²) >= 11 is 0. The second-order valence-corrected chi connectivity index (χ2v) is 5.86. The van der Waals surface area contributed by atoms with E-state index in [4.69, 9.17) is 0 Å². The van der Waals surface area contributed by atoms with E-state index in [-0.39, 0.29) is 30.0 Å². The Kier molecular flexibility index (Phi) is 5.86. The summed E-state index contributed by atoms with van der Waals surface area (Å²) < 4.78 is 0. The average molecular weight is 334 g/mol. The normalized spacial score (nSPS) is 17.5. The highest BCUT2D eigenvalue weighted by Crippen LogP contribution is 2.22. The van der Waals surface area contributed by atoms with E-state index >= 15 is 0 Å². The smallest absolute Gasteiger partial charge is 0.271 e. The molecule has 1 aromatic rings. The number of non-ortho nitro benzene ring substituents is 1. The van der Waals surface area contributed by atoms with Gasteiger partial charge in [0.05, 0.1) is 16.7 Å². The highest BCUT2D eigenvalue weighted by molar-refractivity contribution is 5.92. The third kappa shape index (κ3) is 4.29. The summed E-state index contributed by atoms with van der Waals surface area (Å²) in [5.74, 6) is -0.247. The summed E-state index contributed by atoms with van der Waals surface area (Å²) in [6, 6.07) is 4.19. The lowest BCUT2D eigenvalue weighted by Gasteiger charge is -2.22. The van der Waals surface area contributed by atoms with Gasteiger partial charge in [0.25, 0.3) is 5.69 Å². The van der Waals surface area contributed by atoms with Gasteiger partial charge in [0.1, 0.15) is 0 Å². The van der Waals surface area contributed by atoms with Gasteiger partial charge < -0.3 is 10.6 Å². The number of nitrogens with one attached hydrogen (secondary N) is 2. The van der Waals surface area contributed by atoms with Crippen LogP contribution in [0.1, 0.15) is 24.8 Å². The van der Waals surface area contributed by atoms with E-state index < -0.39 is 4.92 Å². The lowest BCUT2D eigenvalue weighted by Crippen LogP contribution is -2.42. The largest absolute Gasteiger partial charge is 0.358 e. The number of benzene rings is 1. The molecule has 0 aromatic heterocycles. The summed E-state index contributed by atoms with van der Waals surface area (Å²) in [4.78, 5) is 36.3. The monoisotopic (exact) mass is 334 g/mol. The molecule has 2 N–H and O–H groups in total. The van der Waals surface area contributed by atoms with E-state index in [9.17, 15) is 19.7 Å². The second kappa shape index (κ2) is 7.87. The predicted molar refractivity (Wildman–Crippen MR) is 89.7 cm³/mol. The Labute approximate surface area is 140 Å². The molecule has 0 aliphatic carbocycles. The van der Waals surface area contributed by atoms with E-state index in [1.807, 2.05) is 4.90 Å². The highest BCUT2D eigenvalue weighted by atomic mass is 16.6. The molecule has 1 aliphatic heterocycles. The van der Waals surface area contributed by atoms with Crippen LogP contribution in [-0.4, -0.2) is 47.8 Å². The Morgan fingerprint density at radius 2 is 2.17 bits per heavy atom. The summed E-state index contributed by atoms with van der Waals surface area (Å²) in [6.45, 7) is 3.06. The minimum Gasteiger partial charge on any atom is -0.358 e. The molecule has 1 aromatic carbocycles. The van der Waals surface area contributed by atoms with Crippen molar-refractivity contribution in [2.45, 2.75) is 32.2 Å². The van der Waals surface area contributed by atoms with Crippen LogP contribution in [0, 0.1) is 17.0 Å². The number of likely N-dealkylation sites (N-methyl/N-ethyl adjacent to an activating group) is 1. The lowest BCUT2D eigenvalue weighted by atomic mass is 10.1. The zero-order valence-electron chi connectivity index (χ0n) is 13.9. The van der Waals surface area contributed by atoms with Crippen LogP contribution in [0.2, 0.25) is 0 Å². The van der Waals surface area contributed by atoms with Crippen molar-refractivity contribution in [2.24, 2.45) is 0 Å². The van der Waals surface area contributed by atoms with E-state index in [0.29, 0.717) is 12.2 Å². The maximum atomic E-state index is 12.1. The van der Waals surface area contributed by atoms with E-state index in [2.05, 4.69) is 10.6 Å². The molecular formula is C16H22N4O4. The number of nitro benzene ring substituents is 1. The zero-order valence-corrected chi connectivity index (χ0v) is 13.9. The van der Waals surface area contributed by atoms with Crippen molar-refractivity contribution in [3.63, 3.8) is 0 Å². The first-order chi connectivity index (χ1) is 11.4. The van der Waals surface area contributed by atoms with Gasteiger partial charge in [-0.2, -0.15) is 0 Å². The van der Waals surface area contributed by atoms with Crippen molar-refractivity contribution >= 4 is 23.2 Å². The number of nitro groups is 1. The zero-order chi connectivity index (χ0) is 17.7. The maximum absolute atomic E-state index is 12.1. The SMILES string of the molecule is CNC(=O)[C@@H]1CCCN1CCC(=O)Nc1cc([N+](=O)[O-])ccc1C. The highest BCUT2D eigenvalue weighted by Gasteiger charge is 2.29. The minimum atomic E-state index is -0.493. The standard InChI is InChI=1S/C16H22N4O4/c1-11-5-6-12(20(23)24)10-13(11)18-15(21)7-9-19-8-3-4-14(19)16(22)17-2/h5-6,10,14H,3-4,7-9H2,1-2H3,(H,17,22)(H,18,21)/t14-/m0/s1. The Morgan fingerprint density at radius 3 is 2.83 bits per heavy atom. The minimum absolute atomic E-state index is 0.0255. The molecule has 24 heavy (non-hydrogen) atoms. The maximum Gasteiger partial charge on any atom is 0.271 e. The van der Waals surface area contributed by atoms with Gasteiger partial charge in [0.2, 0.25) is 11.8 Å². The van der Waals surface area contributed by atoms with Crippen LogP contribution < -0.4 is 10.6 Å². The van der Waals surface area contributed by atoms with Gasteiger partial charge in [-0.3, -0.25) is 24.6 Å². The predicted octanol–water partition coefficient (Wildman–Crippen LogP) is 1.44. The topological polar surface area (TPSA) is 105 Å². The number of anilines is 1. The molecule has 0 saturated carbocycles. The number of likely N-dealkylation sites (tertiary alicyclic amines) is 1. The number of nitrogens with zero attached hydrogens (tertiary/aromatic N) is 2. The molecule has 8 heteroatoms. The second-order valence-electron chi connectivity index (χ2n) is 5.86. The van der Waals surface area contributed by atoms with E-state index in [1.54, 1.807) is 20.0 Å². The van der Waals surface area contributed by atoms with E-state index in [1.165, 1.54) is 12.1 Å². The van der Waals surface area contributed by atoms with Crippen LogP contribution in [0.5, 0.6) is 0 Å². The number of carbonyl (C=O) groups is 2. The van der Waals surface area contributed by atoms with Crippen molar-refractivity contribution in [3.8, 4) is 0 Å². The van der Waals surface area contributed by atoms with Crippen molar-refractivity contribution in [2.75, 3.05) is 25.5 Å². The van der Waals surface area contributed by atoms with Crippen molar-refractivity contribution in [1.29, 1.82) is 0 Å². The number of aryl methyl sites for hydroxylation is 1. The van der Waals surface area contributed by atoms with Crippen molar-refractivity contribution in [1.82, 2.24) is 10.2 Å². The van der Waals surface area contributed by atoms with Crippen LogP contribution in [0.3, 0.4) is 0 Å². The third-order valence-corrected chi connectivity index (χ3v) is 4.24. The molecule has 0 unspecified atom stereocenters. The van der Waals surface area contributed by atoms with Gasteiger partial charge in [-0.15, -0.1) is 0 Å². The Hall–Kier alpha value is -2.48. The summed E-state index contributed by atoms with van der Waals surface area (Å²) in [7, 11) is 1.61. The molecule has 0 spiro atoms. The molecule has 1 fully saturated rings. The first-order valence-corrected chi connectivity index (χ1v) is 7.93. The molecule has 130 valence electrons. The summed E-state index contributed by atoms with van der Waals surface area (Å²) in [5.41, 5.74) is 1.15. The van der Waals surface area contributed by atoms with Gasteiger partial charge in [0, 0.05) is 32.1 Å². The first-order valence-electron chi connectivity index (χ1n) is 7.93. The number of hydrogen-bond donors (Lipinski definition) is 2. The molecule has 0 radical (unpaired) electrons. The molecule has 2 rings (SSSR count). The molecule has 8 nitrogen and oxygen atoms in total. The molecule has 1 heterocycles. The molecule has 1 saturated heterocycles. The van der Waals surface area contributed by atoms with Crippen LogP contribution in [0.4, 0.5) is 11.4 Å². The average Bonchev–Trinajstić information content (AvgIpc) is 3.02. The lowest BCUT2D eigenvalue weighted by molar-refractivity contribution is -0.384. The number of rotatable bonds is 6. The van der Waals surface area contributed by atoms with Crippen LogP contribution in [0.15, 0.2) is 18.2 Å². The quantitative estimate of drug-likeness (QED) is 0.605. The van der Waals surface area contributed by atoms with Crippen LogP contribution >= 0.6 is 0 Å². The van der Waals surface area contributed by atoms with E-state index in [0.717, 1.165) is 24.9 Å². The van der Waals surface area contributed by atoms with Gasteiger partial charge in [-0.05, 0) is 31.9 Å². The number of amides is 2. The molecule has 1 atom stereocenters. The first kappa shape index (κ1) is 17.9. The third-order valence-electron chi connectivity index (χ3n) is 4.24. The van der Waals surface area contributed by atoms with Crippen molar-refractivity contribution < 1.29 is 14.5 Å². The fourth-order valence-electron chi connectivity index (χ4n) is 2.87. The molecule has 0 bridgehead atoms. The molecular weight excluding hydrogens is 312 g/mol. The summed E-state index contributed by atoms with van der Waals surface area (Å²) in [5, 5.41) is 16.2.